The Hall–Kier alpha value is -2.95. The van der Waals surface area contributed by atoms with Crippen molar-refractivity contribution in [2.24, 2.45) is 0 Å². The van der Waals surface area contributed by atoms with Crippen LogP contribution in [0, 0.1) is 0 Å². The summed E-state index contributed by atoms with van der Waals surface area (Å²) in [5.74, 6) is -2.51. The Morgan fingerprint density at radius 2 is 1.19 bits per heavy atom. The van der Waals surface area contributed by atoms with Gasteiger partial charge in [-0.2, -0.15) is 0 Å². The SMILES string of the molecule is C=C(C)C(=O)OC(C)OC1(OC(C)OC(=O)C(=C)C)CCCCC1.C=COC(C)OC(C)OC(=O)C=C. The number of esters is 3. The minimum atomic E-state index is -0.943. The van der Waals surface area contributed by atoms with Gasteiger partial charge in [-0.3, -0.25) is 0 Å². The molecule has 0 heterocycles. The summed E-state index contributed by atoms with van der Waals surface area (Å²) in [5.41, 5.74) is 0.598. The van der Waals surface area contributed by atoms with Crippen molar-refractivity contribution in [3.8, 4) is 0 Å². The molecule has 0 radical (unpaired) electrons. The highest BCUT2D eigenvalue weighted by atomic mass is 16.8. The lowest BCUT2D eigenvalue weighted by atomic mass is 9.94. The third-order valence-corrected chi connectivity index (χ3v) is 4.74. The zero-order valence-electron chi connectivity index (χ0n) is 22.9. The Labute approximate surface area is 220 Å². The number of carbonyl (C=O) groups excluding carboxylic acids is 3. The summed E-state index contributed by atoms with van der Waals surface area (Å²) < 4.78 is 36.8. The molecule has 0 saturated heterocycles. The lowest BCUT2D eigenvalue weighted by Crippen LogP contribution is -2.44. The lowest BCUT2D eigenvalue weighted by molar-refractivity contribution is -0.344. The first-order valence-electron chi connectivity index (χ1n) is 12.1. The van der Waals surface area contributed by atoms with Crippen molar-refractivity contribution in [2.45, 2.75) is 105 Å². The smallest absolute Gasteiger partial charge is 0.335 e. The Bertz CT molecular complexity index is 759. The van der Waals surface area contributed by atoms with Gasteiger partial charge in [0.05, 0.1) is 6.26 Å². The highest BCUT2D eigenvalue weighted by molar-refractivity contribution is 5.87. The van der Waals surface area contributed by atoms with Gasteiger partial charge in [0.2, 0.25) is 18.9 Å². The molecule has 4 atom stereocenters. The molecule has 0 amide bonds. The molecule has 210 valence electrons. The largest absolute Gasteiger partial charge is 0.473 e. The van der Waals surface area contributed by atoms with Crippen molar-refractivity contribution in [3.63, 3.8) is 0 Å². The first kappa shape index (κ1) is 34.0. The molecule has 0 N–H and O–H groups in total. The molecule has 10 heteroatoms. The topological polar surface area (TPSA) is 116 Å². The van der Waals surface area contributed by atoms with Gasteiger partial charge in [-0.25, -0.2) is 14.4 Å². The normalized spacial score (nSPS) is 17.2. The second kappa shape index (κ2) is 17.5. The Morgan fingerprint density at radius 3 is 1.57 bits per heavy atom. The van der Waals surface area contributed by atoms with Crippen molar-refractivity contribution >= 4 is 17.9 Å². The lowest BCUT2D eigenvalue weighted by Gasteiger charge is -2.39. The predicted molar refractivity (Wildman–Crippen MR) is 136 cm³/mol. The van der Waals surface area contributed by atoms with Crippen LogP contribution in [0.3, 0.4) is 0 Å². The molecule has 10 nitrogen and oxygen atoms in total. The number of ether oxygens (including phenoxy) is 7. The predicted octanol–water partition coefficient (Wildman–Crippen LogP) is 5.19. The van der Waals surface area contributed by atoms with E-state index in [-0.39, 0.29) is 0 Å². The van der Waals surface area contributed by atoms with Crippen LogP contribution in [-0.2, 0) is 47.5 Å². The van der Waals surface area contributed by atoms with Crippen LogP contribution in [0.5, 0.6) is 0 Å². The minimum Gasteiger partial charge on any atom is -0.473 e. The molecule has 4 unspecified atom stereocenters. The van der Waals surface area contributed by atoms with E-state index in [4.69, 9.17) is 33.2 Å². The van der Waals surface area contributed by atoms with E-state index in [9.17, 15) is 14.4 Å². The second-order valence-corrected chi connectivity index (χ2v) is 8.43. The van der Waals surface area contributed by atoms with Crippen molar-refractivity contribution in [1.82, 2.24) is 0 Å². The van der Waals surface area contributed by atoms with Crippen LogP contribution < -0.4 is 0 Å². The molecule has 0 aliphatic heterocycles. The summed E-state index contributed by atoms with van der Waals surface area (Å²) in [4.78, 5) is 33.9. The first-order chi connectivity index (χ1) is 17.2. The first-order valence-corrected chi connectivity index (χ1v) is 12.1. The standard InChI is InChI=1S/C18H28O6.C9H14O4/c1-12(2)16(19)21-14(5)23-18(10-8-7-9-11-18)24-15(6)22-17(20)13(3)4;1-5-9(10)13-8(4)12-7(3)11-6-2/h14-15H,1,3,7-11H2,2,4-6H3;5-8H,1-2H2,3-4H3. The summed E-state index contributed by atoms with van der Waals surface area (Å²) in [6, 6.07) is 0. The van der Waals surface area contributed by atoms with Gasteiger partial charge in [0.15, 0.2) is 12.1 Å². The molecular formula is C27H42O10. The number of carbonyl (C=O) groups is 3. The molecule has 1 rings (SSSR count). The number of rotatable bonds is 14. The van der Waals surface area contributed by atoms with Crippen LogP contribution in [0.1, 0.15) is 73.6 Å². The fourth-order valence-corrected chi connectivity index (χ4v) is 3.19. The van der Waals surface area contributed by atoms with E-state index in [2.05, 4.69) is 26.3 Å². The summed E-state index contributed by atoms with van der Waals surface area (Å²) in [7, 11) is 0. The van der Waals surface area contributed by atoms with Gasteiger partial charge < -0.3 is 33.2 Å². The van der Waals surface area contributed by atoms with Gasteiger partial charge in [0, 0.05) is 30.1 Å². The van der Waals surface area contributed by atoms with Crippen LogP contribution in [0.15, 0.2) is 49.8 Å². The van der Waals surface area contributed by atoms with E-state index in [0.29, 0.717) is 24.0 Å². The fourth-order valence-electron chi connectivity index (χ4n) is 3.19. The van der Waals surface area contributed by atoms with Crippen LogP contribution in [0.2, 0.25) is 0 Å². The maximum absolute atomic E-state index is 11.6. The maximum atomic E-state index is 11.6. The summed E-state index contributed by atoms with van der Waals surface area (Å²) in [5, 5.41) is 0. The molecule has 0 aromatic heterocycles. The monoisotopic (exact) mass is 526 g/mol. The van der Waals surface area contributed by atoms with Crippen molar-refractivity contribution in [3.05, 3.63) is 49.8 Å². The van der Waals surface area contributed by atoms with Gasteiger partial charge in [0.1, 0.15) is 0 Å². The fraction of sp³-hybridized carbons (Fsp3) is 0.593. The Morgan fingerprint density at radius 1 is 0.730 bits per heavy atom. The zero-order valence-corrected chi connectivity index (χ0v) is 22.9. The number of hydrogen-bond acceptors (Lipinski definition) is 10. The zero-order chi connectivity index (χ0) is 28.6. The van der Waals surface area contributed by atoms with Crippen LogP contribution in [0.25, 0.3) is 0 Å². The van der Waals surface area contributed by atoms with E-state index >= 15 is 0 Å². The molecule has 0 spiro atoms. The van der Waals surface area contributed by atoms with Gasteiger partial charge in [-0.1, -0.05) is 32.7 Å². The molecule has 0 aromatic carbocycles. The molecule has 0 aromatic rings. The van der Waals surface area contributed by atoms with E-state index in [1.165, 1.54) is 6.26 Å². The Kier molecular flexibility index (Phi) is 16.1. The summed E-state index contributed by atoms with van der Waals surface area (Å²) in [6.45, 7) is 23.4. The van der Waals surface area contributed by atoms with Crippen molar-refractivity contribution in [1.29, 1.82) is 0 Å². The summed E-state index contributed by atoms with van der Waals surface area (Å²) in [6.07, 6.45) is 3.76. The molecule has 1 saturated carbocycles. The molecule has 0 bridgehead atoms. The molecular weight excluding hydrogens is 484 g/mol. The van der Waals surface area contributed by atoms with Gasteiger partial charge >= 0.3 is 17.9 Å². The third-order valence-electron chi connectivity index (χ3n) is 4.74. The van der Waals surface area contributed by atoms with Gasteiger partial charge in [-0.05, 0) is 54.4 Å². The average molecular weight is 527 g/mol. The summed E-state index contributed by atoms with van der Waals surface area (Å²) >= 11 is 0. The van der Waals surface area contributed by atoms with Gasteiger partial charge in [0.25, 0.3) is 0 Å². The Balaban J connectivity index is 0.000000845. The molecule has 37 heavy (non-hydrogen) atoms. The van der Waals surface area contributed by atoms with E-state index in [1.54, 1.807) is 41.5 Å². The van der Waals surface area contributed by atoms with Crippen LogP contribution in [0.4, 0.5) is 0 Å². The second-order valence-electron chi connectivity index (χ2n) is 8.43. The average Bonchev–Trinajstić information content (AvgIpc) is 2.79. The molecule has 1 fully saturated rings. The van der Waals surface area contributed by atoms with Crippen LogP contribution >= 0.6 is 0 Å². The molecule has 1 aliphatic rings. The third kappa shape index (κ3) is 15.0. The van der Waals surface area contributed by atoms with E-state index < -0.39 is 48.9 Å². The minimum absolute atomic E-state index is 0.299. The maximum Gasteiger partial charge on any atom is 0.335 e. The quantitative estimate of drug-likeness (QED) is 0.0983. The van der Waals surface area contributed by atoms with E-state index in [1.807, 2.05) is 0 Å². The van der Waals surface area contributed by atoms with E-state index in [0.717, 1.165) is 25.3 Å². The van der Waals surface area contributed by atoms with Crippen LogP contribution in [-0.4, -0.2) is 48.9 Å². The van der Waals surface area contributed by atoms with Gasteiger partial charge in [-0.15, -0.1) is 0 Å². The highest BCUT2D eigenvalue weighted by Gasteiger charge is 2.39. The number of hydrogen-bond donors (Lipinski definition) is 0. The molecule has 1 aliphatic carbocycles. The highest BCUT2D eigenvalue weighted by Crippen LogP contribution is 2.35. The van der Waals surface area contributed by atoms with Crippen molar-refractivity contribution in [2.75, 3.05) is 0 Å². The van der Waals surface area contributed by atoms with Crippen molar-refractivity contribution < 1.29 is 47.5 Å².